The molecule has 0 radical (unpaired) electrons. The van der Waals surface area contributed by atoms with Gasteiger partial charge < -0.3 is 15.1 Å². The lowest BCUT2D eigenvalue weighted by molar-refractivity contribution is 0.346. The van der Waals surface area contributed by atoms with E-state index >= 15 is 0 Å². The number of nitrogens with one attached hydrogen (secondary N) is 1. The first-order valence-electron chi connectivity index (χ1n) is 7.64. The fourth-order valence-electron chi connectivity index (χ4n) is 2.73. The molecule has 0 amide bonds. The van der Waals surface area contributed by atoms with Crippen molar-refractivity contribution < 1.29 is 0 Å². The normalized spacial score (nSPS) is 15.6. The maximum atomic E-state index is 4.62. The Bertz CT molecular complexity index is 440. The molecule has 0 spiro atoms. The van der Waals surface area contributed by atoms with Gasteiger partial charge in [0.2, 0.25) is 0 Å². The van der Waals surface area contributed by atoms with Crippen LogP contribution >= 0.6 is 0 Å². The topological polar surface area (TPSA) is 44.3 Å². The summed E-state index contributed by atoms with van der Waals surface area (Å²) in [5.74, 6) is 2.84. The summed E-state index contributed by atoms with van der Waals surface area (Å²) in [6, 6.07) is 0. The van der Waals surface area contributed by atoms with E-state index in [2.05, 4.69) is 46.0 Å². The molecule has 1 aliphatic heterocycles. The summed E-state index contributed by atoms with van der Waals surface area (Å²) in [7, 11) is 2.13. The minimum absolute atomic E-state index is 0.828. The summed E-state index contributed by atoms with van der Waals surface area (Å²) < 4.78 is 0. The van der Waals surface area contributed by atoms with Crippen LogP contribution in [0.2, 0.25) is 0 Å². The van der Waals surface area contributed by atoms with E-state index in [1.807, 2.05) is 6.92 Å². The number of aryl methyl sites for hydroxylation is 1. The average molecular weight is 277 g/mol. The van der Waals surface area contributed by atoms with Gasteiger partial charge in [-0.3, -0.25) is 0 Å². The molecule has 0 saturated carbocycles. The van der Waals surface area contributed by atoms with Gasteiger partial charge in [-0.05, 0) is 46.7 Å². The lowest BCUT2D eigenvalue weighted by Crippen LogP contribution is -2.32. The fourth-order valence-corrected chi connectivity index (χ4v) is 2.73. The lowest BCUT2D eigenvalue weighted by Gasteiger charge is -2.24. The third-order valence-corrected chi connectivity index (χ3v) is 3.89. The predicted octanol–water partition coefficient (Wildman–Crippen LogP) is 2.06. The second-order valence-electron chi connectivity index (χ2n) is 5.57. The van der Waals surface area contributed by atoms with Gasteiger partial charge >= 0.3 is 0 Å². The molecule has 1 fully saturated rings. The molecule has 0 aliphatic carbocycles. The number of rotatable bonds is 6. The van der Waals surface area contributed by atoms with Gasteiger partial charge in [0.1, 0.15) is 17.5 Å². The molecule has 1 aromatic heterocycles. The minimum atomic E-state index is 0.828. The number of aromatic nitrogens is 2. The van der Waals surface area contributed by atoms with Gasteiger partial charge in [0.15, 0.2) is 0 Å². The molecule has 2 rings (SSSR count). The zero-order valence-electron chi connectivity index (χ0n) is 13.2. The second kappa shape index (κ2) is 6.88. The van der Waals surface area contributed by atoms with E-state index in [1.165, 1.54) is 25.9 Å². The van der Waals surface area contributed by atoms with Gasteiger partial charge in [-0.1, -0.05) is 0 Å². The minimum Gasteiger partial charge on any atom is -0.370 e. The Hall–Kier alpha value is -1.36. The highest BCUT2D eigenvalue weighted by Crippen LogP contribution is 2.22. The van der Waals surface area contributed by atoms with Crippen LogP contribution in [0, 0.1) is 13.8 Å². The van der Waals surface area contributed by atoms with Crippen LogP contribution in [0.3, 0.4) is 0 Å². The van der Waals surface area contributed by atoms with Crippen LogP contribution in [0.1, 0.15) is 31.2 Å². The highest BCUT2D eigenvalue weighted by Gasteiger charge is 2.15. The number of hydrogen-bond acceptors (Lipinski definition) is 5. The maximum absolute atomic E-state index is 4.62. The van der Waals surface area contributed by atoms with Crippen molar-refractivity contribution in [2.24, 2.45) is 0 Å². The second-order valence-corrected chi connectivity index (χ2v) is 5.57. The molecule has 0 unspecified atom stereocenters. The number of likely N-dealkylation sites (N-methyl/N-ethyl adjacent to an activating group) is 1. The van der Waals surface area contributed by atoms with Crippen LogP contribution in [0.25, 0.3) is 0 Å². The van der Waals surface area contributed by atoms with Gasteiger partial charge in [0.25, 0.3) is 0 Å². The van der Waals surface area contributed by atoms with Crippen LogP contribution in [0.4, 0.5) is 11.6 Å². The van der Waals surface area contributed by atoms with Crippen LogP contribution in [-0.2, 0) is 0 Å². The van der Waals surface area contributed by atoms with E-state index in [9.17, 15) is 0 Å². The summed E-state index contributed by atoms with van der Waals surface area (Å²) >= 11 is 0. The fraction of sp³-hybridized carbons (Fsp3) is 0.733. The molecule has 0 atom stereocenters. The Balaban J connectivity index is 2.05. The van der Waals surface area contributed by atoms with E-state index in [0.29, 0.717) is 0 Å². The van der Waals surface area contributed by atoms with Crippen molar-refractivity contribution in [1.82, 2.24) is 14.9 Å². The Morgan fingerprint density at radius 3 is 2.55 bits per heavy atom. The molecular formula is C15H27N5. The molecule has 5 heteroatoms. The molecule has 1 aromatic rings. The van der Waals surface area contributed by atoms with E-state index in [4.69, 9.17) is 0 Å². The van der Waals surface area contributed by atoms with E-state index in [-0.39, 0.29) is 0 Å². The third kappa shape index (κ3) is 3.60. The van der Waals surface area contributed by atoms with Crippen molar-refractivity contribution in [3.05, 3.63) is 11.4 Å². The Kier molecular flexibility index (Phi) is 5.17. The third-order valence-electron chi connectivity index (χ3n) is 3.89. The first kappa shape index (κ1) is 15.0. The quantitative estimate of drug-likeness (QED) is 0.862. The Labute approximate surface area is 122 Å². The van der Waals surface area contributed by atoms with E-state index in [1.54, 1.807) is 0 Å². The highest BCUT2D eigenvalue weighted by atomic mass is 15.2. The molecular weight excluding hydrogens is 250 g/mol. The Morgan fingerprint density at radius 1 is 1.20 bits per heavy atom. The Morgan fingerprint density at radius 2 is 1.90 bits per heavy atom. The summed E-state index contributed by atoms with van der Waals surface area (Å²) in [4.78, 5) is 13.9. The smallest absolute Gasteiger partial charge is 0.137 e. The van der Waals surface area contributed by atoms with Gasteiger partial charge in [-0.25, -0.2) is 9.97 Å². The number of likely N-dealkylation sites (tertiary alicyclic amines) is 1. The van der Waals surface area contributed by atoms with Crippen molar-refractivity contribution >= 4 is 11.6 Å². The van der Waals surface area contributed by atoms with Gasteiger partial charge in [0.05, 0.1) is 0 Å². The molecule has 2 heterocycles. The van der Waals surface area contributed by atoms with Crippen molar-refractivity contribution in [1.29, 1.82) is 0 Å². The number of anilines is 2. The largest absolute Gasteiger partial charge is 0.370 e. The molecule has 1 aliphatic rings. The standard InChI is InChI=1S/C15H27N5/c1-5-16-14-12(2)15(18-13(3)17-14)19(4)10-11-20-8-6-7-9-20/h5-11H2,1-4H3,(H,16,17,18). The SMILES string of the molecule is CCNc1nc(C)nc(N(C)CCN2CCCC2)c1C. The van der Waals surface area contributed by atoms with E-state index < -0.39 is 0 Å². The first-order valence-corrected chi connectivity index (χ1v) is 7.64. The van der Waals surface area contributed by atoms with Gasteiger partial charge in [0, 0.05) is 32.2 Å². The number of hydrogen-bond donors (Lipinski definition) is 1. The molecule has 5 nitrogen and oxygen atoms in total. The molecule has 112 valence electrons. The first-order chi connectivity index (χ1) is 9.61. The van der Waals surface area contributed by atoms with Crippen molar-refractivity contribution in [3.63, 3.8) is 0 Å². The summed E-state index contributed by atoms with van der Waals surface area (Å²) in [6.45, 7) is 11.7. The highest BCUT2D eigenvalue weighted by molar-refractivity contribution is 5.58. The molecule has 1 saturated heterocycles. The number of nitrogens with zero attached hydrogens (tertiary/aromatic N) is 4. The zero-order valence-corrected chi connectivity index (χ0v) is 13.2. The van der Waals surface area contributed by atoms with Gasteiger partial charge in [-0.2, -0.15) is 0 Å². The van der Waals surface area contributed by atoms with Crippen LogP contribution < -0.4 is 10.2 Å². The van der Waals surface area contributed by atoms with Crippen molar-refractivity contribution in [3.8, 4) is 0 Å². The summed E-state index contributed by atoms with van der Waals surface area (Å²) in [6.07, 6.45) is 2.69. The van der Waals surface area contributed by atoms with Gasteiger partial charge in [-0.15, -0.1) is 0 Å². The van der Waals surface area contributed by atoms with Crippen LogP contribution in [0.15, 0.2) is 0 Å². The van der Waals surface area contributed by atoms with Crippen LogP contribution in [-0.4, -0.2) is 54.6 Å². The summed E-state index contributed by atoms with van der Waals surface area (Å²) in [5.41, 5.74) is 1.14. The molecule has 20 heavy (non-hydrogen) atoms. The lowest BCUT2D eigenvalue weighted by atomic mass is 10.2. The van der Waals surface area contributed by atoms with Crippen LogP contribution in [0.5, 0.6) is 0 Å². The average Bonchev–Trinajstić information content (AvgIpc) is 2.93. The maximum Gasteiger partial charge on any atom is 0.137 e. The van der Waals surface area contributed by atoms with Crippen molar-refractivity contribution in [2.75, 3.05) is 50.0 Å². The van der Waals surface area contributed by atoms with E-state index in [0.717, 1.165) is 42.7 Å². The molecule has 0 bridgehead atoms. The van der Waals surface area contributed by atoms with Crippen molar-refractivity contribution in [2.45, 2.75) is 33.6 Å². The zero-order chi connectivity index (χ0) is 14.5. The predicted molar refractivity (Wildman–Crippen MR) is 84.6 cm³/mol. The summed E-state index contributed by atoms with van der Waals surface area (Å²) in [5, 5.41) is 3.32. The monoisotopic (exact) mass is 277 g/mol. The molecule has 0 aromatic carbocycles. The molecule has 1 N–H and O–H groups in total.